The second-order valence-electron chi connectivity index (χ2n) is 7.03. The van der Waals surface area contributed by atoms with Crippen LogP contribution >= 0.6 is 0 Å². The molecule has 1 amide bonds. The van der Waals surface area contributed by atoms with Crippen LogP contribution in [0.2, 0.25) is 0 Å². The van der Waals surface area contributed by atoms with Crippen molar-refractivity contribution in [2.45, 2.75) is 11.8 Å². The van der Waals surface area contributed by atoms with E-state index in [2.05, 4.69) is 10.5 Å². The zero-order valence-electron chi connectivity index (χ0n) is 19.0. The summed E-state index contributed by atoms with van der Waals surface area (Å²) in [5, 5.41) is 12.5. The number of hydrazone groups is 1. The molecule has 0 saturated heterocycles. The molecule has 0 bridgehead atoms. The summed E-state index contributed by atoms with van der Waals surface area (Å²) >= 11 is 0. The largest absolute Gasteiger partial charge is 0.492 e. The lowest BCUT2D eigenvalue weighted by atomic mass is 10.2. The van der Waals surface area contributed by atoms with E-state index in [1.54, 1.807) is 73.7 Å². The number of hydrogen-bond acceptors (Lipinski definition) is 7. The Morgan fingerprint density at radius 2 is 1.71 bits per heavy atom. The minimum atomic E-state index is -4.08. The molecule has 0 aromatic heterocycles. The molecule has 3 rings (SSSR count). The maximum absolute atomic E-state index is 13.4. The van der Waals surface area contributed by atoms with E-state index in [0.29, 0.717) is 23.7 Å². The summed E-state index contributed by atoms with van der Waals surface area (Å²) in [7, 11) is -4.08. The van der Waals surface area contributed by atoms with Crippen molar-refractivity contribution in [2.75, 3.05) is 24.1 Å². The Morgan fingerprint density at radius 1 is 1.03 bits per heavy atom. The van der Waals surface area contributed by atoms with E-state index in [1.165, 1.54) is 18.3 Å². The molecule has 0 fully saturated rings. The molecule has 0 aliphatic carbocycles. The Bertz CT molecular complexity index is 1300. The van der Waals surface area contributed by atoms with Gasteiger partial charge in [0.1, 0.15) is 24.1 Å². The van der Waals surface area contributed by atoms with E-state index in [1.807, 2.05) is 6.07 Å². The summed E-state index contributed by atoms with van der Waals surface area (Å²) in [5.41, 5.74) is 3.28. The second-order valence-corrected chi connectivity index (χ2v) is 8.90. The molecule has 0 saturated carbocycles. The number of carbonyl (C=O) groups is 1. The van der Waals surface area contributed by atoms with Crippen LogP contribution in [0.4, 0.5) is 5.69 Å². The van der Waals surface area contributed by atoms with Crippen molar-refractivity contribution < 1.29 is 22.7 Å². The number of nitriles is 1. The smallest absolute Gasteiger partial charge is 0.264 e. The van der Waals surface area contributed by atoms with Crippen molar-refractivity contribution in [1.29, 1.82) is 5.26 Å². The maximum atomic E-state index is 13.4. The predicted molar refractivity (Wildman–Crippen MR) is 132 cm³/mol. The van der Waals surface area contributed by atoms with Crippen molar-refractivity contribution in [3.63, 3.8) is 0 Å². The van der Waals surface area contributed by atoms with Gasteiger partial charge in [-0.05, 0) is 61.0 Å². The van der Waals surface area contributed by atoms with Crippen LogP contribution in [-0.2, 0) is 14.8 Å². The molecular formula is C25H24N4O5S. The Morgan fingerprint density at radius 3 is 2.40 bits per heavy atom. The number of benzene rings is 3. The first kappa shape index (κ1) is 25.3. The molecular weight excluding hydrogens is 468 g/mol. The van der Waals surface area contributed by atoms with Gasteiger partial charge in [-0.15, -0.1) is 0 Å². The van der Waals surface area contributed by atoms with E-state index in [9.17, 15) is 13.2 Å². The Hall–Kier alpha value is -4.36. The zero-order chi connectivity index (χ0) is 25.1. The van der Waals surface area contributed by atoms with Crippen LogP contribution in [0.25, 0.3) is 0 Å². The highest BCUT2D eigenvalue weighted by atomic mass is 32.2. The van der Waals surface area contributed by atoms with E-state index in [0.717, 1.165) is 4.31 Å². The van der Waals surface area contributed by atoms with Crippen molar-refractivity contribution >= 4 is 27.8 Å². The van der Waals surface area contributed by atoms with Gasteiger partial charge in [-0.3, -0.25) is 9.10 Å². The van der Waals surface area contributed by atoms with Crippen molar-refractivity contribution in [2.24, 2.45) is 5.10 Å². The summed E-state index contributed by atoms with van der Waals surface area (Å²) in [6.45, 7) is 1.54. The molecule has 0 aliphatic rings. The highest BCUT2D eigenvalue weighted by Crippen LogP contribution is 2.32. The molecule has 0 spiro atoms. The predicted octanol–water partition coefficient (Wildman–Crippen LogP) is 3.33. The fourth-order valence-corrected chi connectivity index (χ4v) is 4.52. The average Bonchev–Trinajstić information content (AvgIpc) is 2.88. The van der Waals surface area contributed by atoms with Crippen molar-refractivity contribution in [3.05, 3.63) is 84.4 Å². The standard InChI is InChI=1S/C25H24N4O5S/c1-2-33-24-11-7-6-10-23(24)29(35(31,32)22-8-4-3-5-9-22)19-25(30)28-27-18-20-12-14-21(15-13-20)34-17-16-26/h3-15,18H,2,17,19H2,1H3,(H,28,30)/b27-18+. The summed E-state index contributed by atoms with van der Waals surface area (Å²) in [5.74, 6) is 0.230. The second kappa shape index (κ2) is 12.2. The molecule has 3 aromatic rings. The molecule has 35 heavy (non-hydrogen) atoms. The molecule has 10 heteroatoms. The molecule has 9 nitrogen and oxygen atoms in total. The number of sulfonamides is 1. The van der Waals surface area contributed by atoms with Crippen LogP contribution in [0.3, 0.4) is 0 Å². The van der Waals surface area contributed by atoms with Gasteiger partial charge in [-0.25, -0.2) is 13.8 Å². The molecule has 180 valence electrons. The monoisotopic (exact) mass is 492 g/mol. The number of rotatable bonds is 11. The van der Waals surface area contributed by atoms with Crippen LogP contribution in [0, 0.1) is 11.3 Å². The topological polar surface area (TPSA) is 121 Å². The molecule has 1 N–H and O–H groups in total. The maximum Gasteiger partial charge on any atom is 0.264 e. The third-order valence-electron chi connectivity index (χ3n) is 4.64. The van der Waals surface area contributed by atoms with Crippen LogP contribution in [0.15, 0.2) is 88.9 Å². The normalized spacial score (nSPS) is 11.0. The first-order valence-corrected chi connectivity index (χ1v) is 12.1. The van der Waals surface area contributed by atoms with Gasteiger partial charge in [-0.2, -0.15) is 10.4 Å². The summed E-state index contributed by atoms with van der Waals surface area (Å²) < 4.78 is 38.7. The molecule has 0 atom stereocenters. The van der Waals surface area contributed by atoms with Gasteiger partial charge in [0, 0.05) is 0 Å². The van der Waals surface area contributed by atoms with E-state index in [4.69, 9.17) is 14.7 Å². The Labute approximate surface area is 204 Å². The number of hydrogen-bond donors (Lipinski definition) is 1. The minimum absolute atomic E-state index is 0.0429. The molecule has 0 radical (unpaired) electrons. The van der Waals surface area contributed by atoms with Gasteiger partial charge in [0.25, 0.3) is 15.9 Å². The first-order valence-electron chi connectivity index (χ1n) is 10.7. The van der Waals surface area contributed by atoms with Gasteiger partial charge >= 0.3 is 0 Å². The van der Waals surface area contributed by atoms with Gasteiger partial charge in [0.2, 0.25) is 0 Å². The first-order chi connectivity index (χ1) is 17.0. The lowest BCUT2D eigenvalue weighted by molar-refractivity contribution is -0.119. The molecule has 0 unspecified atom stereocenters. The number of anilines is 1. The third-order valence-corrected chi connectivity index (χ3v) is 6.41. The van der Waals surface area contributed by atoms with Gasteiger partial charge in [0.15, 0.2) is 6.61 Å². The number of ether oxygens (including phenoxy) is 2. The fourth-order valence-electron chi connectivity index (χ4n) is 3.07. The minimum Gasteiger partial charge on any atom is -0.492 e. The number of nitrogens with one attached hydrogen (secondary N) is 1. The van der Waals surface area contributed by atoms with Crippen LogP contribution in [0.5, 0.6) is 11.5 Å². The Kier molecular flexibility index (Phi) is 8.81. The third kappa shape index (κ3) is 6.82. The lowest BCUT2D eigenvalue weighted by Crippen LogP contribution is -2.39. The van der Waals surface area contributed by atoms with Gasteiger partial charge in [-0.1, -0.05) is 30.3 Å². The molecule has 3 aromatic carbocycles. The highest BCUT2D eigenvalue weighted by Gasteiger charge is 2.29. The van der Waals surface area contributed by atoms with Crippen molar-refractivity contribution in [1.82, 2.24) is 5.43 Å². The quantitative estimate of drug-likeness (QED) is 0.324. The van der Waals surface area contributed by atoms with Crippen LogP contribution < -0.4 is 19.2 Å². The number of nitrogens with zero attached hydrogens (tertiary/aromatic N) is 3. The van der Waals surface area contributed by atoms with Gasteiger partial charge < -0.3 is 9.47 Å². The summed E-state index contributed by atoms with van der Waals surface area (Å²) in [4.78, 5) is 12.8. The number of carbonyl (C=O) groups excluding carboxylic acids is 1. The summed E-state index contributed by atoms with van der Waals surface area (Å²) in [6.07, 6.45) is 1.41. The van der Waals surface area contributed by atoms with Gasteiger partial charge in [0.05, 0.1) is 23.4 Å². The van der Waals surface area contributed by atoms with Crippen LogP contribution in [-0.4, -0.2) is 40.3 Å². The summed E-state index contributed by atoms with van der Waals surface area (Å²) in [6, 6.07) is 23.1. The van der Waals surface area contributed by atoms with E-state index in [-0.39, 0.29) is 17.2 Å². The van der Waals surface area contributed by atoms with Crippen LogP contribution in [0.1, 0.15) is 12.5 Å². The Balaban J connectivity index is 1.80. The van der Waals surface area contributed by atoms with Crippen molar-refractivity contribution in [3.8, 4) is 17.6 Å². The van der Waals surface area contributed by atoms with E-state index < -0.39 is 22.5 Å². The average molecular weight is 493 g/mol. The molecule has 0 aliphatic heterocycles. The SMILES string of the molecule is CCOc1ccccc1N(CC(=O)N/N=C/c1ccc(OCC#N)cc1)S(=O)(=O)c1ccccc1. The molecule has 0 heterocycles. The lowest BCUT2D eigenvalue weighted by Gasteiger charge is -2.25. The zero-order valence-corrected chi connectivity index (χ0v) is 19.8. The fraction of sp³-hybridized carbons (Fsp3) is 0.160. The number of amides is 1. The highest BCUT2D eigenvalue weighted by molar-refractivity contribution is 7.92. The van der Waals surface area contributed by atoms with E-state index >= 15 is 0 Å². The number of para-hydroxylation sites is 2.